The molecule has 22 heavy (non-hydrogen) atoms. The fourth-order valence-corrected chi connectivity index (χ4v) is 3.01. The second kappa shape index (κ2) is 7.50. The number of rotatable bonds is 6. The molecule has 1 heterocycles. The van der Waals surface area contributed by atoms with Crippen molar-refractivity contribution in [3.63, 3.8) is 0 Å². The number of aliphatic hydroxyl groups is 1. The van der Waals surface area contributed by atoms with E-state index in [1.165, 1.54) is 7.11 Å². The van der Waals surface area contributed by atoms with E-state index in [0.29, 0.717) is 5.56 Å². The average molecular weight is 312 g/mol. The molecule has 6 heteroatoms. The van der Waals surface area contributed by atoms with Crippen LogP contribution in [0.5, 0.6) is 0 Å². The van der Waals surface area contributed by atoms with E-state index in [1.807, 2.05) is 18.2 Å². The lowest BCUT2D eigenvalue weighted by molar-refractivity contribution is -0.366. The summed E-state index contributed by atoms with van der Waals surface area (Å²) in [5.41, 5.74) is 0.597. The minimum absolute atomic E-state index is 0.268. The van der Waals surface area contributed by atoms with Crippen molar-refractivity contribution in [3.8, 4) is 0 Å². The zero-order valence-corrected chi connectivity index (χ0v) is 13.4. The van der Waals surface area contributed by atoms with E-state index < -0.39 is 30.2 Å². The van der Waals surface area contributed by atoms with Crippen molar-refractivity contribution in [1.29, 1.82) is 0 Å². The number of hydrogen-bond donors (Lipinski definition) is 1. The molecule has 1 fully saturated rings. The van der Waals surface area contributed by atoms with E-state index in [4.69, 9.17) is 23.7 Å². The number of ether oxygens (including phenoxy) is 5. The lowest BCUT2D eigenvalue weighted by atomic mass is 9.87. The SMILES string of the molecule is COC[C@H]1O[C@@](O)(c2ccccc2)[C@H](OC)[C@@H](OC)[C@@H]1OC. The van der Waals surface area contributed by atoms with Gasteiger partial charge >= 0.3 is 0 Å². The molecule has 0 bridgehead atoms. The van der Waals surface area contributed by atoms with Crippen molar-refractivity contribution >= 4 is 0 Å². The average Bonchev–Trinajstić information content (AvgIpc) is 2.55. The standard InChI is InChI=1S/C16H24O6/c1-18-10-12-13(19-2)14(20-3)15(21-4)16(17,22-12)11-8-6-5-7-9-11/h5-9,12-15,17H,10H2,1-4H3/t12-,13-,14+,15-,16+/m1/s1. The summed E-state index contributed by atoms with van der Waals surface area (Å²) < 4.78 is 27.7. The number of hydrogen-bond acceptors (Lipinski definition) is 6. The Morgan fingerprint density at radius 3 is 2.14 bits per heavy atom. The van der Waals surface area contributed by atoms with Crippen LogP contribution in [-0.4, -0.2) is 64.6 Å². The third-order valence-electron chi connectivity index (χ3n) is 4.02. The molecule has 124 valence electrons. The Hall–Kier alpha value is -1.02. The molecule has 6 nitrogen and oxygen atoms in total. The third kappa shape index (κ3) is 3.03. The third-order valence-corrected chi connectivity index (χ3v) is 4.02. The van der Waals surface area contributed by atoms with Crippen LogP contribution in [0.25, 0.3) is 0 Å². The fraction of sp³-hybridized carbons (Fsp3) is 0.625. The summed E-state index contributed by atoms with van der Waals surface area (Å²) in [5, 5.41) is 11.2. The molecular weight excluding hydrogens is 288 g/mol. The van der Waals surface area contributed by atoms with Crippen molar-refractivity contribution in [1.82, 2.24) is 0 Å². The minimum Gasteiger partial charge on any atom is -0.382 e. The first-order chi connectivity index (χ1) is 10.6. The van der Waals surface area contributed by atoms with Crippen molar-refractivity contribution < 1.29 is 28.8 Å². The second-order valence-electron chi connectivity index (χ2n) is 5.23. The van der Waals surface area contributed by atoms with E-state index in [0.717, 1.165) is 0 Å². The van der Waals surface area contributed by atoms with E-state index >= 15 is 0 Å². The summed E-state index contributed by atoms with van der Waals surface area (Å²) >= 11 is 0. The summed E-state index contributed by atoms with van der Waals surface area (Å²) in [5.74, 6) is -1.64. The Bertz CT molecular complexity index is 453. The zero-order valence-electron chi connectivity index (χ0n) is 13.4. The maximum absolute atomic E-state index is 11.2. The molecule has 0 aliphatic carbocycles. The molecular formula is C16H24O6. The van der Waals surface area contributed by atoms with Crippen LogP contribution in [-0.2, 0) is 29.5 Å². The minimum atomic E-state index is -1.64. The van der Waals surface area contributed by atoms with Gasteiger partial charge in [-0.05, 0) is 0 Å². The van der Waals surface area contributed by atoms with Crippen LogP contribution in [0, 0.1) is 0 Å². The predicted molar refractivity (Wildman–Crippen MR) is 79.5 cm³/mol. The van der Waals surface area contributed by atoms with Crippen LogP contribution in [0.3, 0.4) is 0 Å². The Morgan fingerprint density at radius 1 is 1.00 bits per heavy atom. The van der Waals surface area contributed by atoms with E-state index in [1.54, 1.807) is 33.5 Å². The molecule has 0 spiro atoms. The quantitative estimate of drug-likeness (QED) is 0.843. The van der Waals surface area contributed by atoms with Crippen molar-refractivity contribution in [2.45, 2.75) is 30.2 Å². The van der Waals surface area contributed by atoms with Crippen LogP contribution < -0.4 is 0 Å². The van der Waals surface area contributed by atoms with Gasteiger partial charge in [0.05, 0.1) is 6.61 Å². The molecule has 0 saturated carbocycles. The van der Waals surface area contributed by atoms with Gasteiger partial charge in [-0.1, -0.05) is 30.3 Å². The van der Waals surface area contributed by atoms with Crippen molar-refractivity contribution in [3.05, 3.63) is 35.9 Å². The summed E-state index contributed by atoms with van der Waals surface area (Å²) in [6, 6.07) is 9.11. The first kappa shape index (κ1) is 17.3. The first-order valence-corrected chi connectivity index (χ1v) is 7.15. The van der Waals surface area contributed by atoms with Gasteiger partial charge in [0.25, 0.3) is 0 Å². The molecule has 1 aromatic carbocycles. The van der Waals surface area contributed by atoms with E-state index in [-0.39, 0.29) is 6.61 Å². The zero-order chi connectivity index (χ0) is 16.2. The van der Waals surface area contributed by atoms with Crippen LogP contribution in [0.4, 0.5) is 0 Å². The lowest BCUT2D eigenvalue weighted by Gasteiger charge is -2.49. The smallest absolute Gasteiger partial charge is 0.222 e. The van der Waals surface area contributed by atoms with Gasteiger partial charge in [0.2, 0.25) is 5.79 Å². The molecule has 0 unspecified atom stereocenters. The highest BCUT2D eigenvalue weighted by atomic mass is 16.7. The normalized spacial score (nSPS) is 35.5. The highest BCUT2D eigenvalue weighted by Gasteiger charge is 2.56. The van der Waals surface area contributed by atoms with E-state index in [9.17, 15) is 5.11 Å². The Morgan fingerprint density at radius 2 is 1.64 bits per heavy atom. The molecule has 0 radical (unpaired) electrons. The number of methoxy groups -OCH3 is 4. The second-order valence-corrected chi connectivity index (χ2v) is 5.23. The van der Waals surface area contributed by atoms with Gasteiger partial charge in [0.15, 0.2) is 0 Å². The Kier molecular flexibility index (Phi) is 5.91. The van der Waals surface area contributed by atoms with Gasteiger partial charge in [-0.3, -0.25) is 0 Å². The molecule has 5 atom stereocenters. The Labute approximate surface area is 130 Å². The maximum Gasteiger partial charge on any atom is 0.222 e. The van der Waals surface area contributed by atoms with Crippen LogP contribution in [0.1, 0.15) is 5.56 Å². The molecule has 0 aromatic heterocycles. The summed E-state index contributed by atoms with van der Waals surface area (Å²) in [6.45, 7) is 0.268. The first-order valence-electron chi connectivity index (χ1n) is 7.15. The van der Waals surface area contributed by atoms with Gasteiger partial charge in [0, 0.05) is 34.0 Å². The van der Waals surface area contributed by atoms with Gasteiger partial charge in [-0.2, -0.15) is 0 Å². The molecule has 2 rings (SSSR count). The van der Waals surface area contributed by atoms with Crippen LogP contribution in [0.15, 0.2) is 30.3 Å². The fourth-order valence-electron chi connectivity index (χ4n) is 3.01. The van der Waals surface area contributed by atoms with Crippen LogP contribution in [0.2, 0.25) is 0 Å². The van der Waals surface area contributed by atoms with Crippen molar-refractivity contribution in [2.75, 3.05) is 35.0 Å². The molecule has 0 amide bonds. The highest BCUT2D eigenvalue weighted by molar-refractivity contribution is 5.23. The topological polar surface area (TPSA) is 66.4 Å². The molecule has 1 N–H and O–H groups in total. The monoisotopic (exact) mass is 312 g/mol. The van der Waals surface area contributed by atoms with Crippen LogP contribution >= 0.6 is 0 Å². The summed E-state index contributed by atoms with van der Waals surface area (Å²) in [4.78, 5) is 0. The molecule has 1 aliphatic heterocycles. The summed E-state index contributed by atoms with van der Waals surface area (Å²) in [7, 11) is 6.21. The van der Waals surface area contributed by atoms with Crippen molar-refractivity contribution in [2.24, 2.45) is 0 Å². The molecule has 1 aliphatic rings. The number of benzene rings is 1. The Balaban J connectivity index is 2.43. The van der Waals surface area contributed by atoms with E-state index in [2.05, 4.69) is 0 Å². The predicted octanol–water partition coefficient (Wildman–Crippen LogP) is 0.922. The largest absolute Gasteiger partial charge is 0.382 e. The summed E-state index contributed by atoms with van der Waals surface area (Å²) in [6.07, 6.45) is -2.15. The van der Waals surface area contributed by atoms with Gasteiger partial charge < -0.3 is 28.8 Å². The highest BCUT2D eigenvalue weighted by Crippen LogP contribution is 2.39. The van der Waals surface area contributed by atoms with Gasteiger partial charge in [-0.25, -0.2) is 0 Å². The van der Waals surface area contributed by atoms with Gasteiger partial charge in [-0.15, -0.1) is 0 Å². The lowest BCUT2D eigenvalue weighted by Crippen LogP contribution is -2.65. The molecule has 1 saturated heterocycles. The van der Waals surface area contributed by atoms with Gasteiger partial charge in [0.1, 0.15) is 24.4 Å². The molecule has 1 aromatic rings. The maximum atomic E-state index is 11.2.